The number of amides is 2. The summed E-state index contributed by atoms with van der Waals surface area (Å²) in [5, 5.41) is 20.3. The molecule has 9 nitrogen and oxygen atoms in total. The number of aryl methyl sites for hydroxylation is 1. The van der Waals surface area contributed by atoms with Gasteiger partial charge in [0.05, 0.1) is 5.92 Å². The number of hydrogen-bond donors (Lipinski definition) is 1. The first-order valence-corrected chi connectivity index (χ1v) is 9.01. The molecule has 0 spiro atoms. The predicted octanol–water partition coefficient (Wildman–Crippen LogP) is 0.502. The number of hydrogen-bond acceptors (Lipinski definition) is 7. The Morgan fingerprint density at radius 1 is 1.40 bits per heavy atom. The third-order valence-electron chi connectivity index (χ3n) is 4.10. The molecule has 0 saturated carbocycles. The second kappa shape index (κ2) is 7.26. The average Bonchev–Trinajstić information content (AvgIpc) is 3.27. The highest BCUT2D eigenvalue weighted by atomic mass is 32.1. The predicted molar refractivity (Wildman–Crippen MR) is 92.2 cm³/mol. The molecule has 3 rings (SSSR count). The Morgan fingerprint density at radius 2 is 2.20 bits per heavy atom. The van der Waals surface area contributed by atoms with E-state index in [4.69, 9.17) is 0 Å². The van der Waals surface area contributed by atoms with Crippen molar-refractivity contribution in [3.63, 3.8) is 0 Å². The van der Waals surface area contributed by atoms with Crippen molar-refractivity contribution in [2.45, 2.75) is 32.6 Å². The first kappa shape index (κ1) is 17.5. The van der Waals surface area contributed by atoms with E-state index in [1.54, 1.807) is 11.2 Å². The highest BCUT2D eigenvalue weighted by Crippen LogP contribution is 2.30. The van der Waals surface area contributed by atoms with Crippen LogP contribution in [0.2, 0.25) is 0 Å². The van der Waals surface area contributed by atoms with Gasteiger partial charge in [0.15, 0.2) is 0 Å². The Bertz CT molecular complexity index is 770. The molecule has 1 N–H and O–H groups in total. The maximum Gasteiger partial charge on any atom is 0.229 e. The molecule has 0 aliphatic carbocycles. The van der Waals surface area contributed by atoms with Gasteiger partial charge in [0.2, 0.25) is 16.9 Å². The Hall–Kier alpha value is -2.36. The standard InChI is InChI=1S/C15H21N7O2S/c1-9(2)14-19-20-15(25-14)22-7-10(6-12(22)23)13(24)16-5-4-11-18-17-8-21(11)3/h8-10H,4-7H2,1-3H3,(H,16,24). The Labute approximate surface area is 149 Å². The van der Waals surface area contributed by atoms with Gasteiger partial charge in [-0.15, -0.1) is 20.4 Å². The Kier molecular flexibility index (Phi) is 5.07. The van der Waals surface area contributed by atoms with Gasteiger partial charge in [-0.05, 0) is 0 Å². The number of carbonyl (C=O) groups is 2. The van der Waals surface area contributed by atoms with Crippen molar-refractivity contribution in [2.75, 3.05) is 18.0 Å². The van der Waals surface area contributed by atoms with Crippen molar-refractivity contribution in [1.29, 1.82) is 0 Å². The van der Waals surface area contributed by atoms with E-state index >= 15 is 0 Å². The van der Waals surface area contributed by atoms with Crippen molar-refractivity contribution >= 4 is 28.3 Å². The van der Waals surface area contributed by atoms with Gasteiger partial charge >= 0.3 is 0 Å². The molecule has 2 amide bonds. The summed E-state index contributed by atoms with van der Waals surface area (Å²) in [7, 11) is 1.86. The summed E-state index contributed by atoms with van der Waals surface area (Å²) in [6.45, 7) is 4.88. The number of nitrogens with zero attached hydrogens (tertiary/aromatic N) is 6. The zero-order chi connectivity index (χ0) is 18.0. The molecule has 10 heteroatoms. The summed E-state index contributed by atoms with van der Waals surface area (Å²) in [6.07, 6.45) is 2.42. The van der Waals surface area contributed by atoms with E-state index in [0.717, 1.165) is 10.8 Å². The van der Waals surface area contributed by atoms with Crippen molar-refractivity contribution in [2.24, 2.45) is 13.0 Å². The smallest absolute Gasteiger partial charge is 0.229 e. The summed E-state index contributed by atoms with van der Waals surface area (Å²) in [4.78, 5) is 26.1. The second-order valence-electron chi connectivity index (χ2n) is 6.38. The molecule has 2 aromatic rings. The van der Waals surface area contributed by atoms with Crippen LogP contribution in [0.4, 0.5) is 5.13 Å². The number of anilines is 1. The molecule has 0 radical (unpaired) electrons. The first-order valence-electron chi connectivity index (χ1n) is 8.20. The zero-order valence-electron chi connectivity index (χ0n) is 14.5. The fraction of sp³-hybridized carbons (Fsp3) is 0.600. The fourth-order valence-electron chi connectivity index (χ4n) is 2.61. The molecule has 1 fully saturated rings. The van der Waals surface area contributed by atoms with E-state index in [0.29, 0.717) is 24.6 Å². The summed E-state index contributed by atoms with van der Waals surface area (Å²) in [5.74, 6) is 0.507. The van der Waals surface area contributed by atoms with Crippen LogP contribution < -0.4 is 10.2 Å². The topological polar surface area (TPSA) is 106 Å². The lowest BCUT2D eigenvalue weighted by atomic mass is 10.1. The molecule has 0 aromatic carbocycles. The van der Waals surface area contributed by atoms with Crippen LogP contribution in [0.3, 0.4) is 0 Å². The van der Waals surface area contributed by atoms with E-state index in [1.807, 2.05) is 25.5 Å². The molecule has 1 aliphatic rings. The normalized spacial score (nSPS) is 17.5. The lowest BCUT2D eigenvalue weighted by molar-refractivity contribution is -0.126. The molecule has 1 saturated heterocycles. The quantitative estimate of drug-likeness (QED) is 0.801. The van der Waals surface area contributed by atoms with Crippen LogP contribution in [0.5, 0.6) is 0 Å². The lowest BCUT2D eigenvalue weighted by Gasteiger charge is -2.12. The van der Waals surface area contributed by atoms with E-state index < -0.39 is 0 Å². The largest absolute Gasteiger partial charge is 0.355 e. The van der Waals surface area contributed by atoms with Gasteiger partial charge in [0.25, 0.3) is 0 Å². The monoisotopic (exact) mass is 363 g/mol. The summed E-state index contributed by atoms with van der Waals surface area (Å²) in [5.41, 5.74) is 0. The van der Waals surface area contributed by atoms with E-state index in [2.05, 4.69) is 25.7 Å². The van der Waals surface area contributed by atoms with Crippen LogP contribution in [0.1, 0.15) is 37.0 Å². The third kappa shape index (κ3) is 3.84. The van der Waals surface area contributed by atoms with Crippen molar-refractivity contribution in [3.05, 3.63) is 17.2 Å². The van der Waals surface area contributed by atoms with Crippen LogP contribution in [0, 0.1) is 5.92 Å². The van der Waals surface area contributed by atoms with Gasteiger partial charge in [-0.1, -0.05) is 25.2 Å². The third-order valence-corrected chi connectivity index (χ3v) is 5.35. The summed E-state index contributed by atoms with van der Waals surface area (Å²) in [6, 6.07) is 0. The molecular formula is C15H21N7O2S. The Morgan fingerprint density at radius 3 is 2.84 bits per heavy atom. The van der Waals surface area contributed by atoms with Gasteiger partial charge in [0.1, 0.15) is 17.2 Å². The molecule has 2 aromatic heterocycles. The SMILES string of the molecule is CC(C)c1nnc(N2CC(C(=O)NCCc3nncn3C)CC2=O)s1. The van der Waals surface area contributed by atoms with E-state index in [1.165, 1.54) is 11.3 Å². The highest BCUT2D eigenvalue weighted by molar-refractivity contribution is 7.15. The lowest BCUT2D eigenvalue weighted by Crippen LogP contribution is -2.34. The fourth-order valence-corrected chi connectivity index (χ4v) is 3.48. The maximum absolute atomic E-state index is 12.3. The molecule has 1 aliphatic heterocycles. The number of aromatic nitrogens is 5. The Balaban J connectivity index is 1.54. The van der Waals surface area contributed by atoms with E-state index in [-0.39, 0.29) is 30.1 Å². The van der Waals surface area contributed by atoms with Crippen molar-refractivity contribution < 1.29 is 9.59 Å². The molecule has 25 heavy (non-hydrogen) atoms. The van der Waals surface area contributed by atoms with Crippen LogP contribution >= 0.6 is 11.3 Å². The molecule has 0 bridgehead atoms. The van der Waals surface area contributed by atoms with Crippen LogP contribution in [0.25, 0.3) is 0 Å². The average molecular weight is 363 g/mol. The summed E-state index contributed by atoms with van der Waals surface area (Å²) >= 11 is 1.41. The number of carbonyl (C=O) groups excluding carboxylic acids is 2. The number of rotatable bonds is 6. The van der Waals surface area contributed by atoms with Gasteiger partial charge in [0, 0.05) is 38.9 Å². The first-order chi connectivity index (χ1) is 12.0. The van der Waals surface area contributed by atoms with Crippen LogP contribution in [-0.2, 0) is 23.1 Å². The summed E-state index contributed by atoms with van der Waals surface area (Å²) < 4.78 is 1.81. The maximum atomic E-state index is 12.3. The molecule has 1 atom stereocenters. The number of nitrogens with one attached hydrogen (secondary N) is 1. The van der Waals surface area contributed by atoms with Crippen molar-refractivity contribution in [3.8, 4) is 0 Å². The molecular weight excluding hydrogens is 342 g/mol. The van der Waals surface area contributed by atoms with Gasteiger partial charge in [-0.25, -0.2) is 0 Å². The minimum absolute atomic E-state index is 0.0834. The minimum atomic E-state index is -0.363. The molecule has 1 unspecified atom stereocenters. The molecule has 3 heterocycles. The van der Waals surface area contributed by atoms with E-state index in [9.17, 15) is 9.59 Å². The van der Waals surface area contributed by atoms with Crippen LogP contribution in [-0.4, -0.2) is 49.9 Å². The van der Waals surface area contributed by atoms with Crippen LogP contribution in [0.15, 0.2) is 6.33 Å². The van der Waals surface area contributed by atoms with Gasteiger partial charge < -0.3 is 9.88 Å². The minimum Gasteiger partial charge on any atom is -0.355 e. The zero-order valence-corrected chi connectivity index (χ0v) is 15.3. The van der Waals surface area contributed by atoms with Gasteiger partial charge in [-0.2, -0.15) is 0 Å². The highest BCUT2D eigenvalue weighted by Gasteiger charge is 2.36. The van der Waals surface area contributed by atoms with Gasteiger partial charge in [-0.3, -0.25) is 14.5 Å². The van der Waals surface area contributed by atoms with Crippen molar-refractivity contribution in [1.82, 2.24) is 30.3 Å². The second-order valence-corrected chi connectivity index (χ2v) is 7.37. The molecule has 134 valence electrons.